The Morgan fingerprint density at radius 2 is 1.95 bits per heavy atom. The van der Waals surface area contributed by atoms with Gasteiger partial charge in [0.15, 0.2) is 5.58 Å². The Hall–Kier alpha value is -4.21. The van der Waals surface area contributed by atoms with E-state index in [-0.39, 0.29) is 12.0 Å². The zero-order valence-electron chi connectivity index (χ0n) is 22.9. The molecule has 1 fully saturated rings. The summed E-state index contributed by atoms with van der Waals surface area (Å²) in [5.41, 5.74) is 3.04. The van der Waals surface area contributed by atoms with Crippen LogP contribution in [0.5, 0.6) is 0 Å². The molecule has 1 aliphatic heterocycles. The fourth-order valence-electron chi connectivity index (χ4n) is 5.01. The monoisotopic (exact) mass is 565 g/mol. The van der Waals surface area contributed by atoms with E-state index < -0.39 is 18.0 Å². The highest BCUT2D eigenvalue weighted by atomic mass is 19.4. The van der Waals surface area contributed by atoms with Crippen LogP contribution in [0.15, 0.2) is 53.2 Å². The van der Waals surface area contributed by atoms with E-state index in [0.717, 1.165) is 17.8 Å². The minimum atomic E-state index is -4.42. The first kappa shape index (κ1) is 28.3. The number of hydrogen-bond acceptors (Lipinski definition) is 9. The second kappa shape index (κ2) is 11.3. The van der Waals surface area contributed by atoms with Crippen LogP contribution in [-0.4, -0.2) is 63.4 Å². The SMILES string of the molecule is CC(C)c1cc(C#N)cc2nc(-c3ccc(NC(O)CN4CCN(c5ccc(C(F)(F)F)cn5)[C@H](C)C4)cn3)oc12. The maximum Gasteiger partial charge on any atom is 0.417 e. The van der Waals surface area contributed by atoms with E-state index in [1.165, 1.54) is 6.07 Å². The van der Waals surface area contributed by atoms with Crippen LogP contribution in [-0.2, 0) is 6.18 Å². The van der Waals surface area contributed by atoms with Crippen molar-refractivity contribution < 1.29 is 22.7 Å². The molecule has 1 unspecified atom stereocenters. The summed E-state index contributed by atoms with van der Waals surface area (Å²) in [6, 6.07) is 11.6. The van der Waals surface area contributed by atoms with Gasteiger partial charge >= 0.3 is 6.18 Å². The Morgan fingerprint density at radius 1 is 1.15 bits per heavy atom. The highest BCUT2D eigenvalue weighted by Crippen LogP contribution is 2.32. The highest BCUT2D eigenvalue weighted by Gasteiger charge is 2.32. The number of piperazine rings is 1. The van der Waals surface area contributed by atoms with Crippen LogP contribution in [0.4, 0.5) is 24.7 Å². The minimum absolute atomic E-state index is 0.00195. The van der Waals surface area contributed by atoms with Crippen LogP contribution in [0, 0.1) is 11.3 Å². The van der Waals surface area contributed by atoms with Crippen molar-refractivity contribution in [3.05, 3.63) is 65.5 Å². The van der Waals surface area contributed by atoms with Gasteiger partial charge in [-0.05, 0) is 49.2 Å². The lowest BCUT2D eigenvalue weighted by Gasteiger charge is -2.41. The number of hydrogen-bond donors (Lipinski definition) is 2. The standard InChI is InChI=1S/C29H30F3N7O2/c1-17(2)22-10-19(12-33)11-24-27(22)41-28(37-24)23-6-5-21(14-34-23)36-26(40)16-38-8-9-39(18(3)15-38)25-7-4-20(13-35-25)29(30,31)32/h4-7,10-11,13-14,17-18,26,36,40H,8-9,15-16H2,1-3H3/t18-,26?/m1/s1. The average molecular weight is 566 g/mol. The minimum Gasteiger partial charge on any atom is -0.434 e. The summed E-state index contributed by atoms with van der Waals surface area (Å²) in [5, 5.41) is 23.1. The van der Waals surface area contributed by atoms with Gasteiger partial charge in [-0.3, -0.25) is 4.90 Å². The summed E-state index contributed by atoms with van der Waals surface area (Å²) in [5.74, 6) is 0.999. The molecular weight excluding hydrogens is 535 g/mol. The number of alkyl halides is 3. The molecule has 9 nitrogen and oxygen atoms in total. The first-order valence-electron chi connectivity index (χ1n) is 13.3. The fourth-order valence-corrected chi connectivity index (χ4v) is 5.01. The summed E-state index contributed by atoms with van der Waals surface area (Å²) in [6.07, 6.45) is -2.83. The van der Waals surface area contributed by atoms with Crippen molar-refractivity contribution in [2.45, 2.75) is 45.1 Å². The van der Waals surface area contributed by atoms with Crippen LogP contribution < -0.4 is 10.2 Å². The number of aromatic nitrogens is 3. The third-order valence-electron chi connectivity index (χ3n) is 7.10. The lowest BCUT2D eigenvalue weighted by Crippen LogP contribution is -2.54. The van der Waals surface area contributed by atoms with Crippen molar-refractivity contribution in [1.29, 1.82) is 5.26 Å². The van der Waals surface area contributed by atoms with Crippen LogP contribution in [0.1, 0.15) is 43.4 Å². The van der Waals surface area contributed by atoms with Gasteiger partial charge in [0.2, 0.25) is 5.89 Å². The number of oxazole rings is 1. The van der Waals surface area contributed by atoms with Gasteiger partial charge in [-0.1, -0.05) is 13.8 Å². The van der Waals surface area contributed by atoms with Gasteiger partial charge in [0, 0.05) is 44.0 Å². The molecule has 0 bridgehead atoms. The summed E-state index contributed by atoms with van der Waals surface area (Å²) < 4.78 is 44.6. The number of benzene rings is 1. The van der Waals surface area contributed by atoms with Crippen molar-refractivity contribution in [3.8, 4) is 17.7 Å². The molecule has 0 aliphatic carbocycles. The third kappa shape index (κ3) is 6.26. The first-order valence-corrected chi connectivity index (χ1v) is 13.3. The smallest absolute Gasteiger partial charge is 0.417 e. The van der Waals surface area contributed by atoms with Crippen LogP contribution >= 0.6 is 0 Å². The number of rotatable bonds is 7. The zero-order valence-corrected chi connectivity index (χ0v) is 22.9. The predicted octanol–water partition coefficient (Wildman–Crippen LogP) is 5.24. The third-order valence-corrected chi connectivity index (χ3v) is 7.10. The first-order chi connectivity index (χ1) is 19.5. The van der Waals surface area contributed by atoms with E-state index in [9.17, 15) is 23.5 Å². The maximum absolute atomic E-state index is 12.9. The molecular formula is C29H30F3N7O2. The average Bonchev–Trinajstić information content (AvgIpc) is 3.36. The van der Waals surface area contributed by atoms with Gasteiger partial charge in [-0.2, -0.15) is 18.4 Å². The number of nitriles is 1. The molecule has 1 saturated heterocycles. The second-order valence-corrected chi connectivity index (χ2v) is 10.5. The summed E-state index contributed by atoms with van der Waals surface area (Å²) in [7, 11) is 0. The Labute approximate surface area is 235 Å². The number of nitrogens with zero attached hydrogens (tertiary/aromatic N) is 6. The van der Waals surface area contributed by atoms with Gasteiger partial charge in [0.25, 0.3) is 0 Å². The number of nitrogens with one attached hydrogen (secondary N) is 1. The van der Waals surface area contributed by atoms with Crippen LogP contribution in [0.3, 0.4) is 0 Å². The molecule has 4 heterocycles. The molecule has 2 atom stereocenters. The zero-order chi connectivity index (χ0) is 29.3. The molecule has 5 rings (SSSR count). The van der Waals surface area contributed by atoms with Gasteiger partial charge in [0.1, 0.15) is 23.3 Å². The molecule has 3 aromatic heterocycles. The summed E-state index contributed by atoms with van der Waals surface area (Å²) >= 11 is 0. The maximum atomic E-state index is 12.9. The number of anilines is 2. The van der Waals surface area contributed by atoms with Gasteiger partial charge in [-0.15, -0.1) is 0 Å². The number of pyridine rings is 2. The lowest BCUT2D eigenvalue weighted by atomic mass is 10.00. The highest BCUT2D eigenvalue weighted by molar-refractivity contribution is 5.81. The molecule has 214 valence electrons. The number of fused-ring (bicyclic) bond motifs is 1. The Kier molecular flexibility index (Phi) is 7.84. The molecule has 0 radical (unpaired) electrons. The number of aliphatic hydroxyl groups is 1. The number of β-amino-alcohol motifs (C(OH)–C–C–N with tert-alkyl or cyclic N) is 1. The molecule has 0 spiro atoms. The molecule has 12 heteroatoms. The fraction of sp³-hybridized carbons (Fsp3) is 0.379. The molecule has 1 aliphatic rings. The van der Waals surface area contributed by atoms with Crippen molar-refractivity contribution in [2.75, 3.05) is 36.4 Å². The van der Waals surface area contributed by atoms with E-state index in [0.29, 0.717) is 65.9 Å². The summed E-state index contributed by atoms with van der Waals surface area (Å²) in [4.78, 5) is 17.1. The van der Waals surface area contributed by atoms with E-state index in [4.69, 9.17) is 4.42 Å². The molecule has 2 N–H and O–H groups in total. The van der Waals surface area contributed by atoms with Gasteiger partial charge in [-0.25, -0.2) is 15.0 Å². The van der Waals surface area contributed by atoms with Gasteiger partial charge < -0.3 is 19.7 Å². The Balaban J connectivity index is 1.18. The predicted molar refractivity (Wildman–Crippen MR) is 148 cm³/mol. The second-order valence-electron chi connectivity index (χ2n) is 10.5. The topological polar surface area (TPSA) is 114 Å². The van der Waals surface area contributed by atoms with E-state index in [2.05, 4.69) is 31.2 Å². The van der Waals surface area contributed by atoms with Gasteiger partial charge in [0.05, 0.1) is 29.1 Å². The molecule has 0 saturated carbocycles. The van der Waals surface area contributed by atoms with E-state index >= 15 is 0 Å². The van der Waals surface area contributed by atoms with Crippen molar-refractivity contribution in [1.82, 2.24) is 19.9 Å². The van der Waals surface area contributed by atoms with Crippen LogP contribution in [0.25, 0.3) is 22.7 Å². The van der Waals surface area contributed by atoms with Crippen molar-refractivity contribution in [3.63, 3.8) is 0 Å². The van der Waals surface area contributed by atoms with Crippen molar-refractivity contribution >= 4 is 22.6 Å². The molecule has 4 aromatic rings. The largest absolute Gasteiger partial charge is 0.434 e. The number of aliphatic hydroxyl groups excluding tert-OH is 1. The van der Waals surface area contributed by atoms with E-state index in [1.54, 1.807) is 24.4 Å². The summed E-state index contributed by atoms with van der Waals surface area (Å²) in [6.45, 7) is 8.19. The number of halogens is 3. The molecule has 1 aromatic carbocycles. The molecule has 41 heavy (non-hydrogen) atoms. The Bertz CT molecular complexity index is 1550. The molecule has 0 amide bonds. The quantitative estimate of drug-likeness (QED) is 0.290. The van der Waals surface area contributed by atoms with E-state index in [1.807, 2.05) is 31.7 Å². The lowest BCUT2D eigenvalue weighted by molar-refractivity contribution is -0.137. The van der Waals surface area contributed by atoms with Crippen LogP contribution in [0.2, 0.25) is 0 Å². The van der Waals surface area contributed by atoms with Crippen molar-refractivity contribution in [2.24, 2.45) is 0 Å². The Morgan fingerprint density at radius 3 is 2.56 bits per heavy atom. The normalized spacial score (nSPS) is 17.1.